The number of likely N-dealkylation sites (tertiary alicyclic amines) is 1. The van der Waals surface area contributed by atoms with Gasteiger partial charge in [0.05, 0.1) is 28.6 Å². The van der Waals surface area contributed by atoms with Crippen LogP contribution in [0.25, 0.3) is 5.69 Å². The van der Waals surface area contributed by atoms with Crippen LogP contribution in [0, 0.1) is 11.3 Å². The van der Waals surface area contributed by atoms with E-state index in [4.69, 9.17) is 0 Å². The summed E-state index contributed by atoms with van der Waals surface area (Å²) < 4.78 is 1.88. The Bertz CT molecular complexity index is 903. The molecule has 0 unspecified atom stereocenters. The second-order valence-electron chi connectivity index (χ2n) is 8.20. The van der Waals surface area contributed by atoms with Crippen LogP contribution >= 0.6 is 0 Å². The molecule has 6 heteroatoms. The molecule has 0 bridgehead atoms. The van der Waals surface area contributed by atoms with Crippen molar-refractivity contribution in [3.63, 3.8) is 0 Å². The molecule has 2 atom stereocenters. The number of rotatable bonds is 4. The number of nitrogens with zero attached hydrogens (tertiary/aromatic N) is 3. The first-order valence-corrected chi connectivity index (χ1v) is 9.76. The molecule has 1 aromatic heterocycles. The average Bonchev–Trinajstić information content (AvgIpc) is 3.13. The van der Waals surface area contributed by atoms with Gasteiger partial charge < -0.3 is 10.0 Å². The van der Waals surface area contributed by atoms with Crippen molar-refractivity contribution in [1.29, 1.82) is 0 Å². The molecular formula is C21H23N3O3. The van der Waals surface area contributed by atoms with Crippen molar-refractivity contribution < 1.29 is 14.7 Å². The van der Waals surface area contributed by atoms with Crippen LogP contribution in [0.5, 0.6) is 0 Å². The van der Waals surface area contributed by atoms with Gasteiger partial charge in [-0.3, -0.25) is 9.59 Å². The Morgan fingerprint density at radius 2 is 1.93 bits per heavy atom. The maximum atomic E-state index is 13.3. The first kappa shape index (κ1) is 16.5. The van der Waals surface area contributed by atoms with Gasteiger partial charge in [0.25, 0.3) is 5.91 Å². The summed E-state index contributed by atoms with van der Waals surface area (Å²) in [5, 5.41) is 14.3. The van der Waals surface area contributed by atoms with Gasteiger partial charge in [0.15, 0.2) is 0 Å². The lowest BCUT2D eigenvalue weighted by Crippen LogP contribution is -2.37. The van der Waals surface area contributed by atoms with Gasteiger partial charge in [0.1, 0.15) is 0 Å². The Hall–Kier alpha value is -2.63. The quantitative estimate of drug-likeness (QED) is 0.903. The molecule has 5 rings (SSSR count). The maximum absolute atomic E-state index is 13.3. The zero-order valence-corrected chi connectivity index (χ0v) is 15.2. The van der Waals surface area contributed by atoms with Crippen LogP contribution in [0.1, 0.15) is 54.1 Å². The third-order valence-electron chi connectivity index (χ3n) is 6.59. The molecule has 1 amide bonds. The topological polar surface area (TPSA) is 75.4 Å². The van der Waals surface area contributed by atoms with Gasteiger partial charge in [-0.15, -0.1) is 0 Å². The molecule has 6 nitrogen and oxygen atoms in total. The van der Waals surface area contributed by atoms with E-state index in [9.17, 15) is 14.7 Å². The van der Waals surface area contributed by atoms with Crippen LogP contribution in [-0.4, -0.2) is 44.8 Å². The van der Waals surface area contributed by atoms with E-state index in [0.29, 0.717) is 31.0 Å². The molecule has 2 aliphatic carbocycles. The fourth-order valence-electron chi connectivity index (χ4n) is 5.01. The highest BCUT2D eigenvalue weighted by atomic mass is 16.4. The average molecular weight is 365 g/mol. The van der Waals surface area contributed by atoms with Crippen LogP contribution in [0.15, 0.2) is 36.5 Å². The minimum Gasteiger partial charge on any atom is -0.481 e. The number of carboxylic acid groups (broad SMARTS) is 1. The monoisotopic (exact) mass is 365 g/mol. The van der Waals surface area contributed by atoms with Crippen molar-refractivity contribution in [2.24, 2.45) is 11.3 Å². The van der Waals surface area contributed by atoms with Crippen molar-refractivity contribution in [3.8, 4) is 5.69 Å². The lowest BCUT2D eigenvalue weighted by atomic mass is 9.81. The van der Waals surface area contributed by atoms with Gasteiger partial charge in [-0.1, -0.05) is 24.6 Å². The summed E-state index contributed by atoms with van der Waals surface area (Å²) >= 11 is 0. The summed E-state index contributed by atoms with van der Waals surface area (Å²) in [5.41, 5.74) is 1.83. The summed E-state index contributed by atoms with van der Waals surface area (Å²) in [5.74, 6) is -0.369. The van der Waals surface area contributed by atoms with Gasteiger partial charge in [-0.2, -0.15) is 5.10 Å². The van der Waals surface area contributed by atoms with Crippen molar-refractivity contribution in [1.82, 2.24) is 14.7 Å². The van der Waals surface area contributed by atoms with E-state index in [1.54, 1.807) is 11.1 Å². The van der Waals surface area contributed by atoms with E-state index >= 15 is 0 Å². The lowest BCUT2D eigenvalue weighted by Gasteiger charge is -2.23. The van der Waals surface area contributed by atoms with Crippen molar-refractivity contribution in [3.05, 3.63) is 47.8 Å². The highest BCUT2D eigenvalue weighted by molar-refractivity contribution is 5.96. The molecule has 1 aliphatic heterocycles. The molecule has 1 N–H and O–H groups in total. The highest BCUT2D eigenvalue weighted by Crippen LogP contribution is 2.49. The van der Waals surface area contributed by atoms with E-state index in [-0.39, 0.29) is 11.8 Å². The van der Waals surface area contributed by atoms with Crippen LogP contribution in [0.4, 0.5) is 0 Å². The number of aliphatic carboxylic acids is 1. The third kappa shape index (κ3) is 2.50. The van der Waals surface area contributed by atoms with Crippen LogP contribution < -0.4 is 0 Å². The van der Waals surface area contributed by atoms with E-state index < -0.39 is 11.4 Å². The van der Waals surface area contributed by atoms with Crippen LogP contribution in [0.3, 0.4) is 0 Å². The summed E-state index contributed by atoms with van der Waals surface area (Å²) in [7, 11) is 0. The molecular weight excluding hydrogens is 342 g/mol. The maximum Gasteiger partial charge on any atom is 0.311 e. The predicted octanol–water partition coefficient (Wildman–Crippen LogP) is 3.08. The summed E-state index contributed by atoms with van der Waals surface area (Å²) in [4.78, 5) is 27.0. The summed E-state index contributed by atoms with van der Waals surface area (Å²) in [6, 6.07) is 9.88. The van der Waals surface area contributed by atoms with Gasteiger partial charge in [0, 0.05) is 19.0 Å². The Morgan fingerprint density at radius 3 is 2.59 bits per heavy atom. The molecule has 0 spiro atoms. The SMILES string of the molecule is O=C(c1cnn(-c2ccccc2)c1C1CC1)N1C[C@@H]2CCC[C@@]2(C(=O)O)C1. The van der Waals surface area contributed by atoms with Crippen LogP contribution in [-0.2, 0) is 4.79 Å². The predicted molar refractivity (Wildman–Crippen MR) is 98.9 cm³/mol. The lowest BCUT2D eigenvalue weighted by molar-refractivity contribution is -0.149. The normalized spacial score (nSPS) is 27.0. The number of hydrogen-bond acceptors (Lipinski definition) is 3. The molecule has 2 saturated carbocycles. The zero-order chi connectivity index (χ0) is 18.6. The molecule has 27 heavy (non-hydrogen) atoms. The van der Waals surface area contributed by atoms with Gasteiger partial charge in [0.2, 0.25) is 0 Å². The second-order valence-corrected chi connectivity index (χ2v) is 8.20. The molecule has 140 valence electrons. The first-order chi connectivity index (χ1) is 13.1. The van der Waals surface area contributed by atoms with Crippen molar-refractivity contribution in [2.75, 3.05) is 13.1 Å². The number of amides is 1. The summed E-state index contributed by atoms with van der Waals surface area (Å²) in [6.07, 6.45) is 6.33. The Kier molecular flexibility index (Phi) is 3.64. The molecule has 1 aromatic carbocycles. The van der Waals surface area contributed by atoms with E-state index in [2.05, 4.69) is 5.10 Å². The zero-order valence-electron chi connectivity index (χ0n) is 15.2. The van der Waals surface area contributed by atoms with Crippen molar-refractivity contribution >= 4 is 11.9 Å². The molecule has 3 fully saturated rings. The standard InChI is InChI=1S/C21H23N3O3/c25-19(23-12-15-5-4-10-21(15,13-23)20(26)27)17-11-22-24(18(17)14-8-9-14)16-6-2-1-3-7-16/h1-3,6-7,11,14-15H,4-5,8-10,12-13H2,(H,26,27)/t15-,21+/m0/s1. The molecule has 3 aliphatic rings. The van der Waals surface area contributed by atoms with Gasteiger partial charge in [-0.05, 0) is 43.7 Å². The number of hydrogen-bond donors (Lipinski definition) is 1. The number of para-hydroxylation sites is 1. The number of carbonyl (C=O) groups excluding carboxylic acids is 1. The number of carboxylic acids is 1. The number of fused-ring (bicyclic) bond motifs is 1. The van der Waals surface area contributed by atoms with E-state index in [0.717, 1.165) is 37.1 Å². The second kappa shape index (κ2) is 5.94. The molecule has 2 aromatic rings. The number of aromatic nitrogens is 2. The fraction of sp³-hybridized carbons (Fsp3) is 0.476. The largest absolute Gasteiger partial charge is 0.481 e. The summed E-state index contributed by atoms with van der Waals surface area (Å²) in [6.45, 7) is 0.873. The smallest absolute Gasteiger partial charge is 0.311 e. The van der Waals surface area contributed by atoms with Crippen molar-refractivity contribution in [2.45, 2.75) is 38.0 Å². The minimum atomic E-state index is -0.748. The molecule has 0 radical (unpaired) electrons. The highest BCUT2D eigenvalue weighted by Gasteiger charge is 2.56. The van der Waals surface area contributed by atoms with E-state index in [1.807, 2.05) is 35.0 Å². The Morgan fingerprint density at radius 1 is 1.15 bits per heavy atom. The van der Waals surface area contributed by atoms with Gasteiger partial charge in [-0.25, -0.2) is 4.68 Å². The molecule has 2 heterocycles. The Balaban J connectivity index is 1.48. The first-order valence-electron chi connectivity index (χ1n) is 9.76. The minimum absolute atomic E-state index is 0.0610. The third-order valence-corrected chi connectivity index (χ3v) is 6.59. The fourth-order valence-corrected chi connectivity index (χ4v) is 5.01. The van der Waals surface area contributed by atoms with E-state index in [1.165, 1.54) is 0 Å². The Labute approximate surface area is 157 Å². The van der Waals surface area contributed by atoms with Gasteiger partial charge >= 0.3 is 5.97 Å². The number of benzene rings is 1. The van der Waals surface area contributed by atoms with Crippen LogP contribution in [0.2, 0.25) is 0 Å². The number of carbonyl (C=O) groups is 2. The molecule has 1 saturated heterocycles.